The molecule has 0 aliphatic heterocycles. The van der Waals surface area contributed by atoms with Gasteiger partial charge in [-0.1, -0.05) is 103 Å². The number of rotatable bonds is 0. The van der Waals surface area contributed by atoms with Crippen molar-refractivity contribution in [2.75, 3.05) is 0 Å². The van der Waals surface area contributed by atoms with Crippen LogP contribution >= 0.6 is 0 Å². The summed E-state index contributed by atoms with van der Waals surface area (Å²) in [7, 11) is 0. The van der Waals surface area contributed by atoms with Crippen LogP contribution in [0.25, 0.3) is 0 Å². The Morgan fingerprint density at radius 3 is 1.08 bits per heavy atom. The molecule has 36 heavy (non-hydrogen) atoms. The van der Waals surface area contributed by atoms with Gasteiger partial charge < -0.3 is 0 Å². The van der Waals surface area contributed by atoms with Crippen molar-refractivity contribution in [3.63, 3.8) is 0 Å². The van der Waals surface area contributed by atoms with Gasteiger partial charge in [-0.05, 0) is 69.2 Å². The van der Waals surface area contributed by atoms with Gasteiger partial charge in [0.05, 0.1) is 0 Å². The summed E-state index contributed by atoms with van der Waals surface area (Å²) in [6.45, 7) is 24.1. The smallest absolute Gasteiger partial charge is 0.0372 e. The zero-order chi connectivity index (χ0) is 28.5. The Bertz CT molecular complexity index is 685. The first-order chi connectivity index (χ1) is 17.6. The van der Waals surface area contributed by atoms with Crippen LogP contribution in [0.1, 0.15) is 77.8 Å². The fourth-order valence-electron chi connectivity index (χ4n) is 1.86. The lowest BCUT2D eigenvalue weighted by Crippen LogP contribution is -1.72. The van der Waals surface area contributed by atoms with Gasteiger partial charge in [-0.3, -0.25) is 15.0 Å². The van der Waals surface area contributed by atoms with Crippen molar-refractivity contribution >= 4 is 0 Å². The summed E-state index contributed by atoms with van der Waals surface area (Å²) in [5, 5.41) is 0. The van der Waals surface area contributed by atoms with E-state index in [2.05, 4.69) is 34.0 Å². The van der Waals surface area contributed by atoms with Crippen LogP contribution < -0.4 is 0 Å². The van der Waals surface area contributed by atoms with Crippen LogP contribution in [-0.2, 0) is 0 Å². The third-order valence-electron chi connectivity index (χ3n) is 3.41. The molecule has 0 saturated heterocycles. The number of nitrogens with zero attached hydrogens (tertiary/aromatic N) is 3. The Balaban J connectivity index is -0.000000173. The van der Waals surface area contributed by atoms with Crippen LogP contribution in [0.3, 0.4) is 0 Å². The highest BCUT2D eigenvalue weighted by molar-refractivity contribution is 5.11. The van der Waals surface area contributed by atoms with E-state index in [0.29, 0.717) is 0 Å². The summed E-state index contributed by atoms with van der Waals surface area (Å²) in [6.07, 6.45) is 8.97. The van der Waals surface area contributed by atoms with Gasteiger partial charge in [0.2, 0.25) is 0 Å². The lowest BCUT2D eigenvalue weighted by atomic mass is 10.2. The molecule has 4 rings (SSSR count). The summed E-state index contributed by atoms with van der Waals surface area (Å²) in [6, 6.07) is 24.0. The van der Waals surface area contributed by atoms with Crippen LogP contribution in [0, 0.1) is 27.7 Å². The van der Waals surface area contributed by atoms with Gasteiger partial charge in [-0.25, -0.2) is 0 Å². The number of aromatic nitrogens is 3. The van der Waals surface area contributed by atoms with E-state index in [1.165, 1.54) is 16.7 Å². The molecule has 0 amide bonds. The molecule has 0 spiro atoms. The van der Waals surface area contributed by atoms with Crippen molar-refractivity contribution in [3.8, 4) is 0 Å². The predicted molar refractivity (Wildman–Crippen MR) is 163 cm³/mol. The molecule has 4 aromatic rings. The standard InChI is InChI=1S/C7H8.3C6H7N.4C2H6/c1-7-5-3-2-4-6-7;1-6-2-4-7-5-3-6;1-6-3-2-4-7-5-6;1-6-4-2-3-5-7-6;4*1-2/h2-6H,1H3;3*2-5H,1H3;4*1-2H3. The van der Waals surface area contributed by atoms with Crippen molar-refractivity contribution in [1.29, 1.82) is 0 Å². The maximum atomic E-state index is 3.98. The SMILES string of the molecule is CC.CC.CC.CC.Cc1ccccc1.Cc1ccccn1.Cc1cccnc1.Cc1ccncc1. The highest BCUT2D eigenvalue weighted by atomic mass is 14.6. The summed E-state index contributed by atoms with van der Waals surface area (Å²) in [5.41, 5.74) is 4.86. The first-order valence-electron chi connectivity index (χ1n) is 13.2. The molecule has 1 aromatic carbocycles. The molecule has 0 radical (unpaired) electrons. The normalized spacial score (nSPS) is 7.44. The quantitative estimate of drug-likeness (QED) is 0.245. The molecule has 0 saturated carbocycles. The molecule has 0 aliphatic carbocycles. The zero-order valence-corrected chi connectivity index (χ0v) is 25.2. The van der Waals surface area contributed by atoms with Crippen molar-refractivity contribution in [2.45, 2.75) is 83.1 Å². The number of hydrogen-bond donors (Lipinski definition) is 0. The molecule has 0 aliphatic rings. The number of benzene rings is 1. The number of aryl methyl sites for hydroxylation is 4. The first kappa shape index (κ1) is 39.9. The van der Waals surface area contributed by atoms with Crippen LogP contribution in [0.5, 0.6) is 0 Å². The lowest BCUT2D eigenvalue weighted by Gasteiger charge is -1.82. The molecule has 0 bridgehead atoms. The Morgan fingerprint density at radius 1 is 0.389 bits per heavy atom. The van der Waals surface area contributed by atoms with E-state index in [-0.39, 0.29) is 0 Å². The minimum absolute atomic E-state index is 1.07. The van der Waals surface area contributed by atoms with Crippen molar-refractivity contribution < 1.29 is 0 Å². The summed E-state index contributed by atoms with van der Waals surface area (Å²) >= 11 is 0. The molecule has 3 aromatic heterocycles. The van der Waals surface area contributed by atoms with Gasteiger partial charge in [0.1, 0.15) is 0 Å². The summed E-state index contributed by atoms with van der Waals surface area (Å²) < 4.78 is 0. The molecule has 3 nitrogen and oxygen atoms in total. The second-order valence-corrected chi connectivity index (χ2v) is 6.18. The lowest BCUT2D eigenvalue weighted by molar-refractivity contribution is 1.20. The van der Waals surface area contributed by atoms with E-state index >= 15 is 0 Å². The predicted octanol–water partition coefficient (Wildman–Crippen LogP) is 10.3. The van der Waals surface area contributed by atoms with Crippen LogP contribution in [-0.4, -0.2) is 15.0 Å². The molecule has 0 atom stereocenters. The second kappa shape index (κ2) is 36.2. The third-order valence-corrected chi connectivity index (χ3v) is 3.41. The summed E-state index contributed by atoms with van der Waals surface area (Å²) in [5.74, 6) is 0. The Hall–Kier alpha value is -3.33. The topological polar surface area (TPSA) is 38.7 Å². The molecular formula is C33H53N3. The number of pyridine rings is 3. The molecule has 0 N–H and O–H groups in total. The van der Waals surface area contributed by atoms with Crippen molar-refractivity contribution in [1.82, 2.24) is 15.0 Å². The minimum atomic E-state index is 1.07. The minimum Gasteiger partial charge on any atom is -0.265 e. The highest BCUT2D eigenvalue weighted by Gasteiger charge is 1.74. The Morgan fingerprint density at radius 2 is 0.861 bits per heavy atom. The summed E-state index contributed by atoms with van der Waals surface area (Å²) in [4.78, 5) is 11.7. The van der Waals surface area contributed by atoms with E-state index in [9.17, 15) is 0 Å². The average Bonchev–Trinajstić information content (AvgIpc) is 2.96. The fraction of sp³-hybridized carbons (Fsp3) is 0.364. The second-order valence-electron chi connectivity index (χ2n) is 6.18. The van der Waals surface area contributed by atoms with Gasteiger partial charge in [0, 0.05) is 36.7 Å². The van der Waals surface area contributed by atoms with E-state index in [0.717, 1.165) is 5.69 Å². The van der Waals surface area contributed by atoms with Crippen LogP contribution in [0.2, 0.25) is 0 Å². The van der Waals surface area contributed by atoms with Crippen LogP contribution in [0.15, 0.2) is 104 Å². The Labute approximate surface area is 224 Å². The molecular weight excluding hydrogens is 438 g/mol. The van der Waals surface area contributed by atoms with Gasteiger partial charge in [0.25, 0.3) is 0 Å². The van der Waals surface area contributed by atoms with Gasteiger partial charge in [0.15, 0.2) is 0 Å². The molecule has 0 unspecified atom stereocenters. The average molecular weight is 492 g/mol. The molecule has 3 heteroatoms. The largest absolute Gasteiger partial charge is 0.265 e. The van der Waals surface area contributed by atoms with Crippen LogP contribution in [0.4, 0.5) is 0 Å². The van der Waals surface area contributed by atoms with Gasteiger partial charge in [-0.2, -0.15) is 0 Å². The third kappa shape index (κ3) is 32.8. The van der Waals surface area contributed by atoms with E-state index in [4.69, 9.17) is 0 Å². The molecule has 0 fully saturated rings. The maximum Gasteiger partial charge on any atom is 0.0372 e. The molecule has 3 heterocycles. The first-order valence-corrected chi connectivity index (χ1v) is 13.2. The van der Waals surface area contributed by atoms with Crippen molar-refractivity contribution in [3.05, 3.63) is 126 Å². The maximum absolute atomic E-state index is 3.98. The van der Waals surface area contributed by atoms with Crippen molar-refractivity contribution in [2.24, 2.45) is 0 Å². The molecule has 200 valence electrons. The monoisotopic (exact) mass is 491 g/mol. The Kier molecular flexibility index (Phi) is 40.1. The van der Waals surface area contributed by atoms with Gasteiger partial charge >= 0.3 is 0 Å². The van der Waals surface area contributed by atoms with E-state index < -0.39 is 0 Å². The van der Waals surface area contributed by atoms with E-state index in [1.54, 1.807) is 24.8 Å². The zero-order valence-electron chi connectivity index (χ0n) is 25.2. The van der Waals surface area contributed by atoms with E-state index in [1.807, 2.05) is 143 Å². The number of hydrogen-bond acceptors (Lipinski definition) is 3. The fourth-order valence-corrected chi connectivity index (χ4v) is 1.86. The highest BCUT2D eigenvalue weighted by Crippen LogP contribution is 1.92. The van der Waals surface area contributed by atoms with Gasteiger partial charge in [-0.15, -0.1) is 0 Å².